The Labute approximate surface area is 211 Å². The van der Waals surface area contributed by atoms with E-state index in [0.717, 1.165) is 0 Å². The van der Waals surface area contributed by atoms with E-state index in [1.54, 1.807) is 35.2 Å². The van der Waals surface area contributed by atoms with Crippen molar-refractivity contribution in [1.82, 2.24) is 19.9 Å². The van der Waals surface area contributed by atoms with Crippen LogP contribution in [0, 0.1) is 17.1 Å². The molecular weight excluding hydrogens is 475 g/mol. The minimum Gasteiger partial charge on any atom is -0.457 e. The quantitative estimate of drug-likeness (QED) is 0.223. The highest BCUT2D eigenvalue weighted by Gasteiger charge is 2.29. The molecule has 1 amide bonds. The van der Waals surface area contributed by atoms with Gasteiger partial charge in [-0.3, -0.25) is 9.59 Å². The average molecular weight is 497 g/mol. The molecule has 2 aromatic carbocycles. The Balaban J connectivity index is 1.38. The van der Waals surface area contributed by atoms with Crippen LogP contribution in [0.2, 0.25) is 0 Å². The molecular formula is C27H21FN6O3. The molecule has 9 nitrogen and oxygen atoms in total. The van der Waals surface area contributed by atoms with Gasteiger partial charge in [0, 0.05) is 31.4 Å². The number of anilines is 1. The smallest absolute Gasteiger partial charge is 0.263 e. The molecule has 184 valence electrons. The third kappa shape index (κ3) is 4.75. The number of amides is 1. The van der Waals surface area contributed by atoms with Crippen molar-refractivity contribution < 1.29 is 18.7 Å². The van der Waals surface area contributed by atoms with Gasteiger partial charge in [-0.2, -0.15) is 5.26 Å². The van der Waals surface area contributed by atoms with Gasteiger partial charge >= 0.3 is 0 Å². The summed E-state index contributed by atoms with van der Waals surface area (Å²) in [4.78, 5) is 38.6. The third-order valence-electron chi connectivity index (χ3n) is 6.09. The molecule has 0 aliphatic carbocycles. The monoisotopic (exact) mass is 496 g/mol. The maximum absolute atomic E-state index is 15.0. The number of para-hydroxylation sites is 1. The molecule has 2 aromatic heterocycles. The summed E-state index contributed by atoms with van der Waals surface area (Å²) in [6.45, 7) is 4.28. The highest BCUT2D eigenvalue weighted by atomic mass is 19.1. The number of rotatable bonds is 7. The van der Waals surface area contributed by atoms with Gasteiger partial charge in [-0.15, -0.1) is 0 Å². The summed E-state index contributed by atoms with van der Waals surface area (Å²) in [5.74, 6) is -0.466. The van der Waals surface area contributed by atoms with Crippen molar-refractivity contribution in [3.8, 4) is 17.6 Å². The van der Waals surface area contributed by atoms with E-state index >= 15 is 4.39 Å². The molecule has 1 fully saturated rings. The second kappa shape index (κ2) is 9.91. The lowest BCUT2D eigenvalue weighted by molar-refractivity contribution is -0.125. The number of likely N-dealkylation sites (tertiary alicyclic amines) is 1. The molecule has 5 rings (SSSR count). The third-order valence-corrected chi connectivity index (χ3v) is 6.09. The largest absolute Gasteiger partial charge is 0.457 e. The number of H-pyrrole nitrogens is 1. The normalized spacial score (nSPS) is 14.8. The summed E-state index contributed by atoms with van der Waals surface area (Å²) in [6, 6.07) is 14.6. The minimum atomic E-state index is -0.721. The first-order valence-corrected chi connectivity index (χ1v) is 11.5. The van der Waals surface area contributed by atoms with Crippen molar-refractivity contribution in [1.29, 1.82) is 5.26 Å². The number of carbonyl (C=O) groups is 2. The Hall–Kier alpha value is -5.04. The topological polar surface area (TPSA) is 124 Å². The molecule has 0 bridgehead atoms. The van der Waals surface area contributed by atoms with Crippen LogP contribution in [0.3, 0.4) is 0 Å². The van der Waals surface area contributed by atoms with Gasteiger partial charge in [-0.05, 0) is 30.7 Å². The molecule has 0 saturated carbocycles. The molecule has 37 heavy (non-hydrogen) atoms. The van der Waals surface area contributed by atoms with Crippen LogP contribution in [-0.4, -0.2) is 50.7 Å². The number of fused-ring (bicyclic) bond motifs is 1. The molecule has 1 aliphatic rings. The fraction of sp³-hybridized carbons (Fsp3) is 0.148. The van der Waals surface area contributed by atoms with E-state index in [2.05, 4.69) is 26.8 Å². The number of carbonyl (C=O) groups excluding carboxylic acids is 2. The zero-order valence-corrected chi connectivity index (χ0v) is 19.6. The summed E-state index contributed by atoms with van der Waals surface area (Å²) in [5.41, 5.74) is 0.376. The van der Waals surface area contributed by atoms with Crippen LogP contribution in [-0.2, 0) is 4.79 Å². The maximum atomic E-state index is 15.0. The van der Waals surface area contributed by atoms with E-state index in [1.807, 2.05) is 6.07 Å². The molecule has 1 unspecified atom stereocenters. The number of ketones is 1. The van der Waals surface area contributed by atoms with Crippen LogP contribution < -0.4 is 10.1 Å². The number of ether oxygens (including phenoxy) is 1. The standard InChI is InChI=1S/C27H21FN6O3/c1-16(12-29)27(36)34-10-9-17(14-34)33-26-23-21(13-30-25(23)31-15-32-26)24(35)20-8-7-19(11-22(20)28)37-18-5-3-2-4-6-18/h2-8,11,13,15,17H,1,9-10,14H2,(H2,30,31,32,33). The number of hydrogen-bond acceptors (Lipinski definition) is 7. The molecule has 10 heteroatoms. The number of nitrogens with zero attached hydrogens (tertiary/aromatic N) is 4. The van der Waals surface area contributed by atoms with Gasteiger partial charge in [0.15, 0.2) is 5.78 Å². The summed E-state index contributed by atoms with van der Waals surface area (Å²) in [5, 5.41) is 12.6. The van der Waals surface area contributed by atoms with Gasteiger partial charge in [0.2, 0.25) is 0 Å². The van der Waals surface area contributed by atoms with Gasteiger partial charge in [0.1, 0.15) is 46.8 Å². The molecule has 3 heterocycles. The predicted octanol–water partition coefficient (Wildman–Crippen LogP) is 4.21. The van der Waals surface area contributed by atoms with Crippen molar-refractivity contribution in [2.45, 2.75) is 12.5 Å². The first-order valence-electron chi connectivity index (χ1n) is 11.5. The highest BCUT2D eigenvalue weighted by Crippen LogP contribution is 2.29. The summed E-state index contributed by atoms with van der Waals surface area (Å²) in [6.07, 6.45) is 3.43. The van der Waals surface area contributed by atoms with Crippen molar-refractivity contribution in [3.05, 3.63) is 90.2 Å². The van der Waals surface area contributed by atoms with Crippen molar-refractivity contribution in [3.63, 3.8) is 0 Å². The highest BCUT2D eigenvalue weighted by molar-refractivity contribution is 6.18. The lowest BCUT2D eigenvalue weighted by Gasteiger charge is -2.17. The van der Waals surface area contributed by atoms with E-state index in [4.69, 9.17) is 10.00 Å². The van der Waals surface area contributed by atoms with Crippen LogP contribution in [0.15, 0.2) is 73.2 Å². The Kier molecular flexibility index (Phi) is 6.34. The zero-order chi connectivity index (χ0) is 25.9. The SMILES string of the molecule is C=C(C#N)C(=O)N1CCC(Nc2ncnc3[nH]cc(C(=O)c4ccc(Oc5ccccc5)cc4F)c23)C1. The first kappa shape index (κ1) is 23.7. The molecule has 4 aromatic rings. The number of benzene rings is 2. The molecule has 1 atom stereocenters. The van der Waals surface area contributed by atoms with Gasteiger partial charge in [-0.1, -0.05) is 24.8 Å². The Morgan fingerprint density at radius 1 is 1.16 bits per heavy atom. The second-order valence-electron chi connectivity index (χ2n) is 8.51. The lowest BCUT2D eigenvalue weighted by atomic mass is 10.0. The van der Waals surface area contributed by atoms with Crippen molar-refractivity contribution in [2.75, 3.05) is 18.4 Å². The Morgan fingerprint density at radius 2 is 1.97 bits per heavy atom. The van der Waals surface area contributed by atoms with E-state index in [0.29, 0.717) is 42.1 Å². The van der Waals surface area contributed by atoms with Crippen LogP contribution in [0.1, 0.15) is 22.3 Å². The fourth-order valence-corrected chi connectivity index (χ4v) is 4.26. The number of nitrogens with one attached hydrogen (secondary N) is 2. The maximum Gasteiger partial charge on any atom is 0.263 e. The van der Waals surface area contributed by atoms with Gasteiger partial charge in [0.25, 0.3) is 5.91 Å². The van der Waals surface area contributed by atoms with Gasteiger partial charge in [-0.25, -0.2) is 14.4 Å². The molecule has 1 aliphatic heterocycles. The van der Waals surface area contributed by atoms with Gasteiger partial charge in [0.05, 0.1) is 16.5 Å². The molecule has 0 spiro atoms. The molecule has 0 radical (unpaired) electrons. The summed E-state index contributed by atoms with van der Waals surface area (Å²) < 4.78 is 20.7. The lowest BCUT2D eigenvalue weighted by Crippen LogP contribution is -2.32. The van der Waals surface area contributed by atoms with E-state index in [1.165, 1.54) is 30.7 Å². The summed E-state index contributed by atoms with van der Waals surface area (Å²) >= 11 is 0. The van der Waals surface area contributed by atoms with E-state index < -0.39 is 17.5 Å². The summed E-state index contributed by atoms with van der Waals surface area (Å²) in [7, 11) is 0. The van der Waals surface area contributed by atoms with Crippen molar-refractivity contribution in [2.24, 2.45) is 0 Å². The van der Waals surface area contributed by atoms with Crippen LogP contribution in [0.4, 0.5) is 10.2 Å². The van der Waals surface area contributed by atoms with E-state index in [-0.39, 0.29) is 28.5 Å². The minimum absolute atomic E-state index is 0.120. The molecule has 2 N–H and O–H groups in total. The van der Waals surface area contributed by atoms with E-state index in [9.17, 15) is 9.59 Å². The van der Waals surface area contributed by atoms with Crippen molar-refractivity contribution >= 4 is 28.5 Å². The number of nitriles is 1. The number of hydrogen-bond donors (Lipinski definition) is 2. The average Bonchev–Trinajstić information content (AvgIpc) is 3.56. The van der Waals surface area contributed by atoms with Crippen LogP contribution in [0.25, 0.3) is 11.0 Å². The molecule has 1 saturated heterocycles. The Morgan fingerprint density at radius 3 is 2.73 bits per heavy atom. The fourth-order valence-electron chi connectivity index (χ4n) is 4.26. The number of aromatic nitrogens is 3. The number of halogens is 1. The van der Waals surface area contributed by atoms with Gasteiger partial charge < -0.3 is 19.9 Å². The first-order chi connectivity index (χ1) is 17.9. The zero-order valence-electron chi connectivity index (χ0n) is 19.6. The van der Waals surface area contributed by atoms with Crippen LogP contribution in [0.5, 0.6) is 11.5 Å². The Bertz CT molecular complexity index is 1560. The second-order valence-corrected chi connectivity index (χ2v) is 8.51. The predicted molar refractivity (Wildman–Crippen MR) is 134 cm³/mol. The number of aromatic amines is 1. The van der Waals surface area contributed by atoms with Crippen LogP contribution >= 0.6 is 0 Å².